The summed E-state index contributed by atoms with van der Waals surface area (Å²) in [6.07, 6.45) is 0. The summed E-state index contributed by atoms with van der Waals surface area (Å²) in [6.45, 7) is 8.15. The molecule has 0 radical (unpaired) electrons. The number of hydrogen-bond acceptors (Lipinski definition) is 3. The molecule has 4 heteroatoms. The Balaban J connectivity index is 0.000000791. The Morgan fingerprint density at radius 2 is 1.93 bits per heavy atom. The average molecular weight is 325 g/mol. The maximum Gasteiger partial charge on any atom is 0.129 e. The minimum atomic E-state index is 1.10. The lowest BCUT2D eigenvalue weighted by molar-refractivity contribution is 0.847. The Kier molecular flexibility index (Phi) is 8.41. The van der Waals surface area contributed by atoms with E-state index in [-0.39, 0.29) is 0 Å². The first-order valence-corrected chi connectivity index (χ1v) is 6.14. The van der Waals surface area contributed by atoms with Crippen LogP contribution in [0, 0.1) is 13.8 Å². The summed E-state index contributed by atoms with van der Waals surface area (Å²) < 4.78 is 7.88. The quantitative estimate of drug-likeness (QED) is 0.496. The third-order valence-electron chi connectivity index (χ3n) is 1.57. The molecular weight excluding hydrogens is 309 g/mol. The van der Waals surface area contributed by atoms with Crippen LogP contribution in [0.2, 0.25) is 0 Å². The van der Waals surface area contributed by atoms with Gasteiger partial charge in [0.15, 0.2) is 0 Å². The zero-order chi connectivity index (χ0) is 11.0. The third-order valence-corrected chi connectivity index (χ3v) is 2.47. The summed E-state index contributed by atoms with van der Waals surface area (Å²) in [7, 11) is 0. The molecule has 2 nitrogen and oxygen atoms in total. The van der Waals surface area contributed by atoms with Crippen LogP contribution in [0.25, 0.3) is 0 Å². The molecule has 0 saturated heterocycles. The van der Waals surface area contributed by atoms with Crippen LogP contribution in [0.1, 0.15) is 25.0 Å². The van der Waals surface area contributed by atoms with Crippen molar-refractivity contribution in [3.05, 3.63) is 29.3 Å². The molecule has 0 unspecified atom stereocenters. The van der Waals surface area contributed by atoms with Crippen molar-refractivity contribution in [2.75, 3.05) is 4.72 Å². The molecule has 1 rings (SSSR count). The summed E-state index contributed by atoms with van der Waals surface area (Å²) in [5.74, 6) is 0. The smallest absolute Gasteiger partial charge is 0.129 e. The normalized spacial score (nSPS) is 8.93. The number of rotatable bonds is 3. The molecule has 0 atom stereocenters. The molecule has 0 fully saturated rings. The number of hydrogen-bond donors (Lipinski definition) is 1. The predicted molar refractivity (Wildman–Crippen MR) is 73.6 cm³/mol. The standard InChI is InChI=1S/C8H10INOS.C2H6/c1-6-3-4-8(7(2)5-6)10-12-11-9;1-2/h3-5,10H,1-2H3;1-2H3. The van der Waals surface area contributed by atoms with E-state index in [1.54, 1.807) is 0 Å². The highest BCUT2D eigenvalue weighted by Crippen LogP contribution is 2.20. The fourth-order valence-electron chi connectivity index (χ4n) is 0.989. The average Bonchev–Trinajstić information content (AvgIpc) is 2.20. The summed E-state index contributed by atoms with van der Waals surface area (Å²) in [4.78, 5) is 0. The molecule has 1 aromatic rings. The summed E-state index contributed by atoms with van der Waals surface area (Å²) in [5.41, 5.74) is 3.61. The third kappa shape index (κ3) is 5.07. The topological polar surface area (TPSA) is 21.3 Å². The first kappa shape index (κ1) is 14.1. The van der Waals surface area contributed by atoms with Crippen LogP contribution < -0.4 is 4.72 Å². The van der Waals surface area contributed by atoms with Crippen molar-refractivity contribution in [2.24, 2.45) is 0 Å². The minimum absolute atomic E-state index is 1.10. The molecule has 1 N–H and O–H groups in total. The fourth-order valence-corrected chi connectivity index (χ4v) is 1.61. The van der Waals surface area contributed by atoms with E-state index in [9.17, 15) is 0 Å². The van der Waals surface area contributed by atoms with Crippen LogP contribution in [0.15, 0.2) is 18.2 Å². The van der Waals surface area contributed by atoms with Gasteiger partial charge in [-0.1, -0.05) is 31.5 Å². The molecule has 0 aliphatic carbocycles. The molecular formula is C10H16INOS. The van der Waals surface area contributed by atoms with Gasteiger partial charge in [0.25, 0.3) is 0 Å². The van der Waals surface area contributed by atoms with Gasteiger partial charge in [-0.3, -0.25) is 0 Å². The van der Waals surface area contributed by atoms with Gasteiger partial charge in [-0.2, -0.15) is 0 Å². The van der Waals surface area contributed by atoms with Crippen LogP contribution in [-0.2, 0) is 2.51 Å². The molecule has 14 heavy (non-hydrogen) atoms. The number of anilines is 1. The second-order valence-electron chi connectivity index (χ2n) is 2.57. The first-order valence-electron chi connectivity index (χ1n) is 4.51. The predicted octanol–water partition coefficient (Wildman–Crippen LogP) is 4.67. The van der Waals surface area contributed by atoms with Crippen molar-refractivity contribution in [1.29, 1.82) is 0 Å². The first-order chi connectivity index (χ1) is 6.74. The zero-order valence-electron chi connectivity index (χ0n) is 8.93. The SMILES string of the molecule is CC.Cc1ccc(NSOI)c(C)c1. The van der Waals surface area contributed by atoms with Gasteiger partial charge in [-0.25, -0.2) is 2.51 Å². The number of benzene rings is 1. The van der Waals surface area contributed by atoms with Gasteiger partial charge < -0.3 is 4.72 Å². The van der Waals surface area contributed by atoms with Crippen LogP contribution in [0.4, 0.5) is 5.69 Å². The number of aryl methyl sites for hydroxylation is 2. The van der Waals surface area contributed by atoms with E-state index in [4.69, 9.17) is 2.51 Å². The van der Waals surface area contributed by atoms with E-state index in [0.29, 0.717) is 0 Å². The van der Waals surface area contributed by atoms with E-state index in [1.165, 1.54) is 23.4 Å². The molecule has 1 aromatic carbocycles. The molecule has 0 amide bonds. The second-order valence-corrected chi connectivity index (χ2v) is 4.14. The van der Waals surface area contributed by atoms with Gasteiger partial charge in [0.05, 0.1) is 0 Å². The lowest BCUT2D eigenvalue weighted by Gasteiger charge is -2.06. The van der Waals surface area contributed by atoms with Crippen molar-refractivity contribution >= 4 is 40.9 Å². The van der Waals surface area contributed by atoms with Crippen molar-refractivity contribution in [2.45, 2.75) is 27.7 Å². The summed E-state index contributed by atoms with van der Waals surface area (Å²) >= 11 is 3.05. The van der Waals surface area contributed by atoms with E-state index in [2.05, 4.69) is 30.7 Å². The Labute approximate surface area is 105 Å². The Morgan fingerprint density at radius 1 is 1.29 bits per heavy atom. The van der Waals surface area contributed by atoms with Crippen molar-refractivity contribution in [3.63, 3.8) is 0 Å². The second kappa shape index (κ2) is 8.38. The monoisotopic (exact) mass is 325 g/mol. The van der Waals surface area contributed by atoms with E-state index in [0.717, 1.165) is 5.69 Å². The van der Waals surface area contributed by atoms with Gasteiger partial charge in [0.1, 0.15) is 35.2 Å². The fraction of sp³-hybridized carbons (Fsp3) is 0.400. The summed E-state index contributed by atoms with van der Waals surface area (Å²) in [6, 6.07) is 6.26. The van der Waals surface area contributed by atoms with Crippen LogP contribution >= 0.6 is 35.2 Å². The molecule has 0 aliphatic rings. The minimum Gasteiger partial charge on any atom is -0.306 e. The molecule has 0 spiro atoms. The maximum absolute atomic E-state index is 4.81. The molecule has 80 valence electrons. The van der Waals surface area contributed by atoms with Gasteiger partial charge in [0, 0.05) is 5.69 Å². The van der Waals surface area contributed by atoms with Gasteiger partial charge in [-0.05, 0) is 25.5 Å². The van der Waals surface area contributed by atoms with Crippen LogP contribution in [0.5, 0.6) is 0 Å². The van der Waals surface area contributed by atoms with Crippen LogP contribution in [-0.4, -0.2) is 0 Å². The number of nitrogens with one attached hydrogen (secondary N) is 1. The Bertz CT molecular complexity index is 268. The molecule has 0 heterocycles. The van der Waals surface area contributed by atoms with Gasteiger partial charge in [-0.15, -0.1) is 0 Å². The number of halogens is 1. The highest BCUT2D eigenvalue weighted by atomic mass is 127. The highest BCUT2D eigenvalue weighted by molar-refractivity contribution is 14.1. The van der Waals surface area contributed by atoms with Crippen LogP contribution in [0.3, 0.4) is 0 Å². The van der Waals surface area contributed by atoms with Gasteiger partial charge in [0.2, 0.25) is 0 Å². The molecule has 0 bridgehead atoms. The van der Waals surface area contributed by atoms with E-state index in [1.807, 2.05) is 42.9 Å². The van der Waals surface area contributed by atoms with Crippen molar-refractivity contribution < 1.29 is 2.51 Å². The molecule has 0 aliphatic heterocycles. The van der Waals surface area contributed by atoms with Crippen molar-refractivity contribution in [3.8, 4) is 0 Å². The van der Waals surface area contributed by atoms with Gasteiger partial charge >= 0.3 is 0 Å². The van der Waals surface area contributed by atoms with E-state index >= 15 is 0 Å². The molecule has 0 saturated carbocycles. The maximum atomic E-state index is 4.81. The molecule has 0 aromatic heterocycles. The summed E-state index contributed by atoms with van der Waals surface area (Å²) in [5, 5.41) is 0. The van der Waals surface area contributed by atoms with Crippen molar-refractivity contribution in [1.82, 2.24) is 0 Å². The largest absolute Gasteiger partial charge is 0.306 e. The zero-order valence-corrected chi connectivity index (χ0v) is 11.9. The lowest BCUT2D eigenvalue weighted by atomic mass is 10.1. The lowest BCUT2D eigenvalue weighted by Crippen LogP contribution is -1.89. The highest BCUT2D eigenvalue weighted by Gasteiger charge is 1.96. The Morgan fingerprint density at radius 3 is 2.43 bits per heavy atom. The Hall–Kier alpha value is 0.0600. The van der Waals surface area contributed by atoms with E-state index < -0.39 is 0 Å².